The van der Waals surface area contributed by atoms with Gasteiger partial charge < -0.3 is 4.74 Å². The molecule has 0 aromatic heterocycles. The quantitative estimate of drug-likeness (QED) is 0.740. The van der Waals surface area contributed by atoms with E-state index in [-0.39, 0.29) is 11.0 Å². The minimum absolute atomic E-state index is 0.0698. The number of epoxide rings is 1. The summed E-state index contributed by atoms with van der Waals surface area (Å²) in [6, 6.07) is 8.05. The van der Waals surface area contributed by atoms with E-state index in [9.17, 15) is 4.21 Å². The van der Waals surface area contributed by atoms with Crippen molar-refractivity contribution >= 4 is 10.8 Å². The van der Waals surface area contributed by atoms with E-state index in [1.165, 1.54) is 50.5 Å². The third-order valence-electron chi connectivity index (χ3n) is 4.86. The summed E-state index contributed by atoms with van der Waals surface area (Å²) in [6.07, 6.45) is 11.3. The topological polar surface area (TPSA) is 29.6 Å². The Morgan fingerprint density at radius 2 is 1.48 bits per heavy atom. The molecular formula is C18H26O2S. The molecule has 1 heterocycles. The summed E-state index contributed by atoms with van der Waals surface area (Å²) in [7, 11) is -1.01. The maximum Gasteiger partial charge on any atom is 0.166 e. The minimum Gasteiger partial charge on any atom is -0.351 e. The van der Waals surface area contributed by atoms with E-state index in [1.807, 2.05) is 24.3 Å². The first-order chi connectivity index (χ1) is 10.2. The zero-order valence-electron chi connectivity index (χ0n) is 13.0. The van der Waals surface area contributed by atoms with Gasteiger partial charge in [-0.3, -0.25) is 4.21 Å². The molecule has 2 unspecified atom stereocenters. The molecule has 0 amide bonds. The molecule has 2 nitrogen and oxygen atoms in total. The molecule has 1 spiro atoms. The van der Waals surface area contributed by atoms with Crippen LogP contribution in [0.15, 0.2) is 29.2 Å². The van der Waals surface area contributed by atoms with Crippen molar-refractivity contribution in [3.63, 3.8) is 0 Å². The van der Waals surface area contributed by atoms with Crippen molar-refractivity contribution in [3.05, 3.63) is 29.8 Å². The van der Waals surface area contributed by atoms with Crippen LogP contribution in [0.4, 0.5) is 0 Å². The highest BCUT2D eigenvalue weighted by Crippen LogP contribution is 2.48. The highest BCUT2D eigenvalue weighted by atomic mass is 32.2. The van der Waals surface area contributed by atoms with Crippen LogP contribution in [-0.2, 0) is 15.5 Å². The fourth-order valence-electron chi connectivity index (χ4n) is 3.42. The van der Waals surface area contributed by atoms with Crippen LogP contribution in [0.1, 0.15) is 63.4 Å². The maximum atomic E-state index is 12.7. The van der Waals surface area contributed by atoms with E-state index in [1.54, 1.807) is 0 Å². The van der Waals surface area contributed by atoms with Crippen LogP contribution in [0.2, 0.25) is 0 Å². The van der Waals surface area contributed by atoms with Crippen molar-refractivity contribution in [1.82, 2.24) is 0 Å². The average Bonchev–Trinajstić information content (AvgIpc) is 3.21. The van der Waals surface area contributed by atoms with Crippen molar-refractivity contribution in [2.45, 2.75) is 80.6 Å². The van der Waals surface area contributed by atoms with Crippen LogP contribution < -0.4 is 0 Å². The van der Waals surface area contributed by atoms with Gasteiger partial charge in [0.15, 0.2) is 5.44 Å². The summed E-state index contributed by atoms with van der Waals surface area (Å²) >= 11 is 0. The fourth-order valence-corrected chi connectivity index (χ4v) is 4.98. The van der Waals surface area contributed by atoms with E-state index in [0.717, 1.165) is 17.7 Å². The molecule has 1 aromatic rings. The Balaban J connectivity index is 1.66. The van der Waals surface area contributed by atoms with Gasteiger partial charge in [0.2, 0.25) is 0 Å². The number of hydrogen-bond donors (Lipinski definition) is 0. The van der Waals surface area contributed by atoms with Crippen molar-refractivity contribution in [2.24, 2.45) is 0 Å². The Labute approximate surface area is 130 Å². The highest BCUT2D eigenvalue weighted by Gasteiger charge is 2.58. The highest BCUT2D eigenvalue weighted by molar-refractivity contribution is 7.85. The summed E-state index contributed by atoms with van der Waals surface area (Å²) in [5, 5.41) is 0. The molecule has 2 atom stereocenters. The second-order valence-corrected chi connectivity index (χ2v) is 8.09. The van der Waals surface area contributed by atoms with Crippen LogP contribution in [-0.4, -0.2) is 15.2 Å². The molecule has 1 saturated carbocycles. The second kappa shape index (κ2) is 6.62. The molecule has 0 bridgehead atoms. The van der Waals surface area contributed by atoms with E-state index < -0.39 is 10.8 Å². The predicted molar refractivity (Wildman–Crippen MR) is 86.7 cm³/mol. The first kappa shape index (κ1) is 15.2. The largest absolute Gasteiger partial charge is 0.351 e. The van der Waals surface area contributed by atoms with E-state index >= 15 is 0 Å². The molecular weight excluding hydrogens is 280 g/mol. The lowest BCUT2D eigenvalue weighted by Gasteiger charge is -2.15. The second-order valence-electron chi connectivity index (χ2n) is 6.60. The molecule has 1 aliphatic carbocycles. The van der Waals surface area contributed by atoms with Crippen LogP contribution in [0.25, 0.3) is 0 Å². The number of rotatable bonds is 2. The molecule has 2 fully saturated rings. The molecule has 1 aromatic carbocycles. The van der Waals surface area contributed by atoms with E-state index in [2.05, 4.69) is 6.92 Å². The average molecular weight is 306 g/mol. The van der Waals surface area contributed by atoms with Gasteiger partial charge in [-0.1, -0.05) is 62.6 Å². The van der Waals surface area contributed by atoms with E-state index in [4.69, 9.17) is 4.74 Å². The Hall–Kier alpha value is -0.670. The Bertz CT molecular complexity index is 484. The molecule has 2 aliphatic rings. The third kappa shape index (κ3) is 3.57. The molecule has 21 heavy (non-hydrogen) atoms. The Morgan fingerprint density at radius 3 is 2.05 bits per heavy atom. The van der Waals surface area contributed by atoms with Gasteiger partial charge in [0.25, 0.3) is 0 Å². The van der Waals surface area contributed by atoms with Gasteiger partial charge in [-0.2, -0.15) is 0 Å². The Morgan fingerprint density at radius 1 is 0.952 bits per heavy atom. The Kier molecular flexibility index (Phi) is 4.80. The number of benzene rings is 1. The van der Waals surface area contributed by atoms with Crippen molar-refractivity contribution in [1.29, 1.82) is 0 Å². The number of hydrogen-bond acceptors (Lipinski definition) is 2. The first-order valence-corrected chi connectivity index (χ1v) is 9.58. The maximum absolute atomic E-state index is 12.7. The molecule has 0 radical (unpaired) electrons. The third-order valence-corrected chi connectivity index (χ3v) is 6.51. The number of ether oxygens (including phenoxy) is 1. The first-order valence-electron chi connectivity index (χ1n) is 8.36. The van der Waals surface area contributed by atoms with Crippen LogP contribution in [0.5, 0.6) is 0 Å². The zero-order valence-corrected chi connectivity index (χ0v) is 13.8. The van der Waals surface area contributed by atoms with Gasteiger partial charge in [0.05, 0.1) is 10.8 Å². The molecule has 1 aliphatic heterocycles. The molecule has 1 saturated heterocycles. The molecule has 3 heteroatoms. The van der Waals surface area contributed by atoms with Gasteiger partial charge in [-0.25, -0.2) is 0 Å². The van der Waals surface area contributed by atoms with Gasteiger partial charge in [-0.15, -0.1) is 0 Å². The summed E-state index contributed by atoms with van der Waals surface area (Å²) < 4.78 is 18.8. The van der Waals surface area contributed by atoms with Gasteiger partial charge in [0.1, 0.15) is 5.60 Å². The zero-order chi connectivity index (χ0) is 14.7. The van der Waals surface area contributed by atoms with Crippen LogP contribution in [0, 0.1) is 6.92 Å². The van der Waals surface area contributed by atoms with E-state index in [0.29, 0.717) is 0 Å². The molecule has 116 valence electrons. The summed E-state index contributed by atoms with van der Waals surface area (Å²) in [4.78, 5) is 0.916. The normalized spacial score (nSPS) is 27.2. The lowest BCUT2D eigenvalue weighted by atomic mass is 9.93. The predicted octanol–water partition coefficient (Wildman–Crippen LogP) is 4.72. The van der Waals surface area contributed by atoms with Crippen molar-refractivity contribution in [2.75, 3.05) is 0 Å². The van der Waals surface area contributed by atoms with Gasteiger partial charge in [0, 0.05) is 4.90 Å². The lowest BCUT2D eigenvalue weighted by molar-refractivity contribution is 0.255. The van der Waals surface area contributed by atoms with Gasteiger partial charge >= 0.3 is 0 Å². The summed E-state index contributed by atoms with van der Waals surface area (Å²) in [5.41, 5.74) is 1.06. The van der Waals surface area contributed by atoms with Crippen LogP contribution in [0.3, 0.4) is 0 Å². The van der Waals surface area contributed by atoms with Crippen molar-refractivity contribution < 1.29 is 8.95 Å². The standard InChI is InChI=1S/C18H26O2S/c1-15-9-11-16(12-10-15)21(19)17-18(20-17)13-7-5-3-2-4-6-8-14-18/h9-12,17H,2-8,13-14H2,1H3. The van der Waals surface area contributed by atoms with Gasteiger partial charge in [-0.05, 0) is 31.9 Å². The summed E-state index contributed by atoms with van der Waals surface area (Å²) in [6.45, 7) is 2.06. The van der Waals surface area contributed by atoms with Crippen LogP contribution >= 0.6 is 0 Å². The van der Waals surface area contributed by atoms with Crippen molar-refractivity contribution in [3.8, 4) is 0 Å². The number of aryl methyl sites for hydroxylation is 1. The smallest absolute Gasteiger partial charge is 0.166 e. The molecule has 3 rings (SSSR count). The fraction of sp³-hybridized carbons (Fsp3) is 0.667. The SMILES string of the molecule is Cc1ccc(S(=O)C2OC23CCCCCCCCC3)cc1. The minimum atomic E-state index is -1.01. The lowest BCUT2D eigenvalue weighted by Crippen LogP contribution is -2.19. The molecule has 0 N–H and O–H groups in total. The monoisotopic (exact) mass is 306 g/mol. The summed E-state index contributed by atoms with van der Waals surface area (Å²) in [5.74, 6) is 0.